The average Bonchev–Trinajstić information content (AvgIpc) is 3.05. The van der Waals surface area contributed by atoms with E-state index in [0.29, 0.717) is 12.8 Å². The molecule has 0 aliphatic carbocycles. The zero-order valence-electron chi connectivity index (χ0n) is 14.8. The maximum absolute atomic E-state index is 12.5. The van der Waals surface area contributed by atoms with E-state index in [2.05, 4.69) is 11.2 Å². The molecule has 1 aromatic carbocycles. The Balaban J connectivity index is 1.53. The lowest BCUT2D eigenvalue weighted by Gasteiger charge is -2.27. The van der Waals surface area contributed by atoms with Crippen LogP contribution < -0.4 is 5.32 Å². The predicted octanol–water partition coefficient (Wildman–Crippen LogP) is 2.10. The molecular formula is C19H24N2O4. The van der Waals surface area contributed by atoms with Crippen LogP contribution in [0.3, 0.4) is 0 Å². The van der Waals surface area contributed by atoms with Gasteiger partial charge in [0.05, 0.1) is 6.04 Å². The second-order valence-electron chi connectivity index (χ2n) is 6.84. The summed E-state index contributed by atoms with van der Waals surface area (Å²) in [5, 5.41) is 2.84. The van der Waals surface area contributed by atoms with Crippen LogP contribution in [0, 0.1) is 12.3 Å². The van der Waals surface area contributed by atoms with Crippen molar-refractivity contribution in [2.24, 2.45) is 0 Å². The number of ether oxygens (including phenoxy) is 3. The number of hydrogen-bond donors (Lipinski definition) is 1. The summed E-state index contributed by atoms with van der Waals surface area (Å²) in [6.45, 7) is 3.69. The topological polar surface area (TPSA) is 60.0 Å². The van der Waals surface area contributed by atoms with Crippen molar-refractivity contribution in [2.45, 2.75) is 57.1 Å². The standard InChI is InChI=1S/C19H24N2O4/c1-5-14(11-13-9-7-6-8-10-13)21(4)18(22)20-16-12-15-17(23-16)25-19(2,3)24-15/h1,6-10,14-17H,11-12H2,2-4H3,(H,20,22)/t14-,15+,16-,17+/m0/s1. The van der Waals surface area contributed by atoms with Crippen LogP contribution >= 0.6 is 0 Å². The van der Waals surface area contributed by atoms with Crippen molar-refractivity contribution in [1.82, 2.24) is 10.2 Å². The molecule has 2 fully saturated rings. The Morgan fingerprint density at radius 1 is 1.40 bits per heavy atom. The third-order valence-corrected chi connectivity index (χ3v) is 4.42. The Bertz CT molecular complexity index is 639. The van der Waals surface area contributed by atoms with Crippen molar-refractivity contribution < 1.29 is 19.0 Å². The molecule has 0 radical (unpaired) electrons. The zero-order chi connectivity index (χ0) is 18.0. The summed E-state index contributed by atoms with van der Waals surface area (Å²) in [6.07, 6.45) is 5.71. The highest BCUT2D eigenvalue weighted by Crippen LogP contribution is 2.36. The SMILES string of the molecule is C#C[C@@H](Cc1ccccc1)N(C)C(=O)N[C@@H]1C[C@H]2OC(C)(C)O[C@H]2O1. The molecule has 2 heterocycles. The van der Waals surface area contributed by atoms with Gasteiger partial charge in [0.2, 0.25) is 0 Å². The van der Waals surface area contributed by atoms with Gasteiger partial charge in [0.15, 0.2) is 12.1 Å². The van der Waals surface area contributed by atoms with Crippen molar-refractivity contribution in [3.8, 4) is 12.3 Å². The highest BCUT2D eigenvalue weighted by Gasteiger charge is 2.49. The number of carbonyl (C=O) groups excluding carboxylic acids is 1. The summed E-state index contributed by atoms with van der Waals surface area (Å²) in [5.41, 5.74) is 1.08. The number of urea groups is 1. The second kappa shape index (κ2) is 7.04. The molecule has 2 aliphatic heterocycles. The van der Waals surface area contributed by atoms with E-state index in [1.807, 2.05) is 44.2 Å². The molecule has 1 N–H and O–H groups in total. The molecule has 2 saturated heterocycles. The molecule has 6 nitrogen and oxygen atoms in total. The molecule has 0 unspecified atom stereocenters. The van der Waals surface area contributed by atoms with Gasteiger partial charge in [-0.3, -0.25) is 0 Å². The molecule has 0 aromatic heterocycles. The van der Waals surface area contributed by atoms with E-state index < -0.39 is 18.3 Å². The van der Waals surface area contributed by atoms with Crippen molar-refractivity contribution >= 4 is 6.03 Å². The quantitative estimate of drug-likeness (QED) is 0.850. The minimum absolute atomic E-state index is 0.168. The summed E-state index contributed by atoms with van der Waals surface area (Å²) in [4.78, 5) is 14.0. The lowest BCUT2D eigenvalue weighted by atomic mass is 10.1. The van der Waals surface area contributed by atoms with Crippen molar-refractivity contribution in [1.29, 1.82) is 0 Å². The molecule has 4 atom stereocenters. The van der Waals surface area contributed by atoms with E-state index in [4.69, 9.17) is 20.6 Å². The fourth-order valence-corrected chi connectivity index (χ4v) is 3.13. The third kappa shape index (κ3) is 4.13. The molecule has 0 saturated carbocycles. The van der Waals surface area contributed by atoms with Gasteiger partial charge >= 0.3 is 6.03 Å². The lowest BCUT2D eigenvalue weighted by molar-refractivity contribution is -0.206. The van der Waals surface area contributed by atoms with Gasteiger partial charge in [0.1, 0.15) is 12.3 Å². The van der Waals surface area contributed by atoms with E-state index >= 15 is 0 Å². The van der Waals surface area contributed by atoms with E-state index in [9.17, 15) is 4.79 Å². The van der Waals surface area contributed by atoms with Gasteiger partial charge in [-0.1, -0.05) is 36.3 Å². The predicted molar refractivity (Wildman–Crippen MR) is 92.4 cm³/mol. The van der Waals surface area contributed by atoms with Gasteiger partial charge in [-0.25, -0.2) is 4.79 Å². The van der Waals surface area contributed by atoms with Gasteiger partial charge in [0, 0.05) is 19.9 Å². The van der Waals surface area contributed by atoms with Crippen LogP contribution in [0.1, 0.15) is 25.8 Å². The number of amides is 2. The van der Waals surface area contributed by atoms with Crippen LogP contribution in [0.25, 0.3) is 0 Å². The normalized spacial score (nSPS) is 28.0. The molecule has 134 valence electrons. The first kappa shape index (κ1) is 17.7. The number of nitrogens with one attached hydrogen (secondary N) is 1. The Labute approximate surface area is 148 Å². The van der Waals surface area contributed by atoms with Crippen molar-refractivity contribution in [3.05, 3.63) is 35.9 Å². The number of nitrogens with zero attached hydrogens (tertiary/aromatic N) is 1. The molecule has 2 amide bonds. The van der Waals surface area contributed by atoms with E-state index in [-0.39, 0.29) is 18.2 Å². The van der Waals surface area contributed by atoms with Crippen LogP contribution in [-0.4, -0.2) is 48.4 Å². The maximum Gasteiger partial charge on any atom is 0.320 e. The largest absolute Gasteiger partial charge is 0.342 e. The zero-order valence-corrected chi connectivity index (χ0v) is 14.8. The Morgan fingerprint density at radius 3 is 2.76 bits per heavy atom. The molecule has 0 bridgehead atoms. The first-order valence-corrected chi connectivity index (χ1v) is 8.42. The minimum Gasteiger partial charge on any atom is -0.342 e. The number of carbonyl (C=O) groups is 1. The Kier molecular flexibility index (Phi) is 5.00. The Hall–Kier alpha value is -2.07. The monoisotopic (exact) mass is 344 g/mol. The molecule has 3 rings (SSSR count). The first-order chi connectivity index (χ1) is 11.9. The molecular weight excluding hydrogens is 320 g/mol. The smallest absolute Gasteiger partial charge is 0.320 e. The van der Waals surface area contributed by atoms with Crippen molar-refractivity contribution in [2.75, 3.05) is 7.05 Å². The summed E-state index contributed by atoms with van der Waals surface area (Å²) < 4.78 is 17.1. The lowest BCUT2D eigenvalue weighted by Crippen LogP contribution is -2.48. The summed E-state index contributed by atoms with van der Waals surface area (Å²) in [6, 6.07) is 9.23. The van der Waals surface area contributed by atoms with Gasteiger partial charge in [-0.2, -0.15) is 0 Å². The summed E-state index contributed by atoms with van der Waals surface area (Å²) in [5.74, 6) is 2.03. The number of benzene rings is 1. The van der Waals surface area contributed by atoms with Gasteiger partial charge in [0.25, 0.3) is 0 Å². The molecule has 1 aromatic rings. The fraction of sp³-hybridized carbons (Fsp3) is 0.526. The highest BCUT2D eigenvalue weighted by molar-refractivity contribution is 5.75. The van der Waals surface area contributed by atoms with Crippen LogP contribution in [-0.2, 0) is 20.6 Å². The molecule has 0 spiro atoms. The number of likely N-dealkylation sites (N-methyl/N-ethyl adjacent to an activating group) is 1. The second-order valence-corrected chi connectivity index (χ2v) is 6.84. The number of terminal acetylenes is 1. The number of hydrogen-bond acceptors (Lipinski definition) is 4. The third-order valence-electron chi connectivity index (χ3n) is 4.42. The van der Waals surface area contributed by atoms with Crippen molar-refractivity contribution in [3.63, 3.8) is 0 Å². The number of fused-ring (bicyclic) bond motifs is 1. The van der Waals surface area contributed by atoms with Gasteiger partial charge in [-0.05, 0) is 19.4 Å². The van der Waals surface area contributed by atoms with E-state index in [0.717, 1.165) is 5.56 Å². The summed E-state index contributed by atoms with van der Waals surface area (Å²) in [7, 11) is 1.69. The maximum atomic E-state index is 12.5. The molecule has 2 aliphatic rings. The fourth-order valence-electron chi connectivity index (χ4n) is 3.13. The average molecular weight is 344 g/mol. The van der Waals surface area contributed by atoms with E-state index in [1.165, 1.54) is 4.90 Å². The van der Waals surface area contributed by atoms with E-state index in [1.54, 1.807) is 7.05 Å². The summed E-state index contributed by atoms with van der Waals surface area (Å²) >= 11 is 0. The molecule has 25 heavy (non-hydrogen) atoms. The van der Waals surface area contributed by atoms with Gasteiger partial charge in [-0.15, -0.1) is 6.42 Å². The highest BCUT2D eigenvalue weighted by atomic mass is 16.8. The molecule has 6 heteroatoms. The number of rotatable bonds is 4. The first-order valence-electron chi connectivity index (χ1n) is 8.42. The van der Waals surface area contributed by atoms with Crippen LogP contribution in [0.15, 0.2) is 30.3 Å². The van der Waals surface area contributed by atoms with Crippen LogP contribution in [0.5, 0.6) is 0 Å². The minimum atomic E-state index is -0.647. The van der Waals surface area contributed by atoms with Crippen LogP contribution in [0.4, 0.5) is 4.79 Å². The van der Waals surface area contributed by atoms with Crippen LogP contribution in [0.2, 0.25) is 0 Å². The Morgan fingerprint density at radius 2 is 2.12 bits per heavy atom. The van der Waals surface area contributed by atoms with Gasteiger partial charge < -0.3 is 24.4 Å².